The number of benzene rings is 1. The third-order valence-electron chi connectivity index (χ3n) is 3.60. The van der Waals surface area contributed by atoms with Crippen LogP contribution in [-0.4, -0.2) is 36.8 Å². The molecule has 1 heterocycles. The summed E-state index contributed by atoms with van der Waals surface area (Å²) in [5, 5.41) is 2.82. The standard InChI is InChI=1S/C18H24N2O4/c1-5-22-10-11-23-14(4)17(21)20-16-8-6-15(7-9-16)18-19-12(2)13(3)24-18/h6-9,14H,5,10-11H2,1-4H3,(H,20,21)/t14-/m0/s1. The highest BCUT2D eigenvalue weighted by atomic mass is 16.5. The number of anilines is 1. The van der Waals surface area contributed by atoms with Gasteiger partial charge in [0.1, 0.15) is 11.9 Å². The average Bonchev–Trinajstić information content (AvgIpc) is 2.91. The SMILES string of the molecule is CCOCCO[C@@H](C)C(=O)Nc1ccc(-c2nc(C)c(C)o2)cc1. The van der Waals surface area contributed by atoms with Gasteiger partial charge in [-0.1, -0.05) is 0 Å². The van der Waals surface area contributed by atoms with Gasteiger partial charge >= 0.3 is 0 Å². The number of nitrogens with zero attached hydrogens (tertiary/aromatic N) is 1. The Morgan fingerprint density at radius 2 is 1.96 bits per heavy atom. The lowest BCUT2D eigenvalue weighted by atomic mass is 10.2. The summed E-state index contributed by atoms with van der Waals surface area (Å²) < 4.78 is 16.2. The highest BCUT2D eigenvalue weighted by Crippen LogP contribution is 2.23. The molecule has 130 valence electrons. The Kier molecular flexibility index (Phi) is 6.52. The predicted molar refractivity (Wildman–Crippen MR) is 91.9 cm³/mol. The van der Waals surface area contributed by atoms with Gasteiger partial charge in [0.2, 0.25) is 5.89 Å². The van der Waals surface area contributed by atoms with Crippen LogP contribution in [0.25, 0.3) is 11.5 Å². The Balaban J connectivity index is 1.90. The van der Waals surface area contributed by atoms with E-state index in [2.05, 4.69) is 10.3 Å². The van der Waals surface area contributed by atoms with Crippen molar-refractivity contribution in [3.8, 4) is 11.5 Å². The normalized spacial score (nSPS) is 12.2. The molecule has 1 atom stereocenters. The van der Waals surface area contributed by atoms with E-state index in [9.17, 15) is 4.79 Å². The maximum Gasteiger partial charge on any atom is 0.253 e. The summed E-state index contributed by atoms with van der Waals surface area (Å²) in [4.78, 5) is 16.4. The minimum absolute atomic E-state index is 0.193. The lowest BCUT2D eigenvalue weighted by molar-refractivity contribution is -0.127. The van der Waals surface area contributed by atoms with Crippen LogP contribution in [0.3, 0.4) is 0 Å². The zero-order valence-corrected chi connectivity index (χ0v) is 14.6. The van der Waals surface area contributed by atoms with Crippen LogP contribution in [0.2, 0.25) is 0 Å². The quantitative estimate of drug-likeness (QED) is 0.751. The van der Waals surface area contributed by atoms with E-state index in [1.165, 1.54) is 0 Å². The second-order valence-electron chi connectivity index (χ2n) is 5.44. The van der Waals surface area contributed by atoms with Gasteiger partial charge in [-0.15, -0.1) is 0 Å². The number of hydrogen-bond acceptors (Lipinski definition) is 5. The highest BCUT2D eigenvalue weighted by molar-refractivity contribution is 5.94. The molecular weight excluding hydrogens is 308 g/mol. The van der Waals surface area contributed by atoms with E-state index < -0.39 is 6.10 Å². The van der Waals surface area contributed by atoms with E-state index in [1.54, 1.807) is 6.92 Å². The van der Waals surface area contributed by atoms with Gasteiger partial charge in [0.15, 0.2) is 0 Å². The van der Waals surface area contributed by atoms with Gasteiger partial charge < -0.3 is 19.2 Å². The van der Waals surface area contributed by atoms with Crippen molar-refractivity contribution in [1.82, 2.24) is 4.98 Å². The summed E-state index contributed by atoms with van der Waals surface area (Å²) in [6.45, 7) is 8.94. The summed E-state index contributed by atoms with van der Waals surface area (Å²) >= 11 is 0. The molecule has 0 bridgehead atoms. The number of hydrogen-bond donors (Lipinski definition) is 1. The second-order valence-corrected chi connectivity index (χ2v) is 5.44. The number of aryl methyl sites for hydroxylation is 2. The summed E-state index contributed by atoms with van der Waals surface area (Å²) in [5.41, 5.74) is 2.44. The molecule has 2 rings (SSSR count). The topological polar surface area (TPSA) is 73.6 Å². The number of aromatic nitrogens is 1. The lowest BCUT2D eigenvalue weighted by Crippen LogP contribution is -2.28. The van der Waals surface area contributed by atoms with E-state index in [0.29, 0.717) is 31.4 Å². The zero-order valence-electron chi connectivity index (χ0n) is 14.6. The van der Waals surface area contributed by atoms with Crippen molar-refractivity contribution in [1.29, 1.82) is 0 Å². The lowest BCUT2D eigenvalue weighted by Gasteiger charge is -2.13. The molecule has 0 spiro atoms. The minimum Gasteiger partial charge on any atom is -0.441 e. The summed E-state index contributed by atoms with van der Waals surface area (Å²) in [5.74, 6) is 1.19. The Morgan fingerprint density at radius 1 is 1.25 bits per heavy atom. The van der Waals surface area contributed by atoms with Crippen molar-refractivity contribution in [2.45, 2.75) is 33.8 Å². The third-order valence-corrected chi connectivity index (χ3v) is 3.60. The Morgan fingerprint density at radius 3 is 2.54 bits per heavy atom. The molecule has 0 aliphatic heterocycles. The Labute approximate surface area is 142 Å². The summed E-state index contributed by atoms with van der Waals surface area (Å²) in [6.07, 6.45) is -0.540. The first-order valence-corrected chi connectivity index (χ1v) is 8.06. The number of nitrogens with one attached hydrogen (secondary N) is 1. The second kappa shape index (κ2) is 8.61. The first-order chi connectivity index (χ1) is 11.5. The van der Waals surface area contributed by atoms with Gasteiger partial charge in [-0.05, 0) is 52.0 Å². The van der Waals surface area contributed by atoms with Crippen molar-refractivity contribution < 1.29 is 18.7 Å². The van der Waals surface area contributed by atoms with E-state index in [-0.39, 0.29) is 5.91 Å². The van der Waals surface area contributed by atoms with E-state index in [0.717, 1.165) is 17.0 Å². The van der Waals surface area contributed by atoms with Gasteiger partial charge in [-0.3, -0.25) is 4.79 Å². The molecule has 1 N–H and O–H groups in total. The molecule has 0 saturated heterocycles. The minimum atomic E-state index is -0.540. The fourth-order valence-electron chi connectivity index (χ4n) is 2.04. The molecule has 6 heteroatoms. The van der Waals surface area contributed by atoms with Crippen LogP contribution in [0, 0.1) is 13.8 Å². The van der Waals surface area contributed by atoms with Gasteiger partial charge in [-0.2, -0.15) is 0 Å². The van der Waals surface area contributed by atoms with Crippen LogP contribution in [0.15, 0.2) is 28.7 Å². The molecule has 0 radical (unpaired) electrons. The fraction of sp³-hybridized carbons (Fsp3) is 0.444. The first-order valence-electron chi connectivity index (χ1n) is 8.06. The molecule has 0 saturated carbocycles. The molecular formula is C18H24N2O4. The highest BCUT2D eigenvalue weighted by Gasteiger charge is 2.14. The number of amides is 1. The maximum absolute atomic E-state index is 12.1. The monoisotopic (exact) mass is 332 g/mol. The van der Waals surface area contributed by atoms with Crippen LogP contribution in [0.4, 0.5) is 5.69 Å². The smallest absolute Gasteiger partial charge is 0.253 e. The van der Waals surface area contributed by atoms with Crippen LogP contribution in [0.5, 0.6) is 0 Å². The van der Waals surface area contributed by atoms with E-state index >= 15 is 0 Å². The van der Waals surface area contributed by atoms with E-state index in [4.69, 9.17) is 13.9 Å². The molecule has 0 aliphatic carbocycles. The van der Waals surface area contributed by atoms with Gasteiger partial charge in [-0.25, -0.2) is 4.98 Å². The maximum atomic E-state index is 12.1. The van der Waals surface area contributed by atoms with Crippen molar-refractivity contribution in [2.75, 3.05) is 25.1 Å². The van der Waals surface area contributed by atoms with Gasteiger partial charge in [0.05, 0.1) is 18.9 Å². The van der Waals surface area contributed by atoms with Gasteiger partial charge in [0.25, 0.3) is 5.91 Å². The molecule has 0 fully saturated rings. The number of carbonyl (C=O) groups excluding carboxylic acids is 1. The van der Waals surface area contributed by atoms with Crippen LogP contribution < -0.4 is 5.32 Å². The summed E-state index contributed by atoms with van der Waals surface area (Å²) in [6, 6.07) is 7.35. The number of oxazole rings is 1. The molecule has 1 aromatic carbocycles. The van der Waals surface area contributed by atoms with Crippen molar-refractivity contribution in [3.63, 3.8) is 0 Å². The van der Waals surface area contributed by atoms with Crippen molar-refractivity contribution >= 4 is 11.6 Å². The third kappa shape index (κ3) is 4.91. The zero-order chi connectivity index (χ0) is 17.5. The molecule has 1 amide bonds. The average molecular weight is 332 g/mol. The summed E-state index contributed by atoms with van der Waals surface area (Å²) in [7, 11) is 0. The van der Waals surface area contributed by atoms with Crippen molar-refractivity contribution in [2.24, 2.45) is 0 Å². The molecule has 2 aromatic rings. The molecule has 24 heavy (non-hydrogen) atoms. The molecule has 0 unspecified atom stereocenters. The predicted octanol–water partition coefficient (Wildman–Crippen LogP) is 3.34. The fourth-order valence-corrected chi connectivity index (χ4v) is 2.04. The van der Waals surface area contributed by atoms with Gasteiger partial charge in [0, 0.05) is 17.9 Å². The molecule has 6 nitrogen and oxygen atoms in total. The molecule has 1 aromatic heterocycles. The Bertz CT molecular complexity index is 645. The molecule has 0 aliphatic rings. The van der Waals surface area contributed by atoms with Crippen LogP contribution >= 0.6 is 0 Å². The number of rotatable bonds is 8. The number of carbonyl (C=O) groups is 1. The van der Waals surface area contributed by atoms with E-state index in [1.807, 2.05) is 45.0 Å². The first kappa shape index (κ1) is 18.2. The largest absolute Gasteiger partial charge is 0.441 e. The Hall–Kier alpha value is -2.18. The van der Waals surface area contributed by atoms with Crippen molar-refractivity contribution in [3.05, 3.63) is 35.7 Å². The van der Waals surface area contributed by atoms with Crippen LogP contribution in [-0.2, 0) is 14.3 Å². The number of ether oxygens (including phenoxy) is 2. The van der Waals surface area contributed by atoms with Crippen LogP contribution in [0.1, 0.15) is 25.3 Å².